The predicted molar refractivity (Wildman–Crippen MR) is 47.4 cm³/mol. The first-order valence-corrected chi connectivity index (χ1v) is 5.32. The first kappa shape index (κ1) is 14.4. The fourth-order valence-corrected chi connectivity index (χ4v) is 0.144. The highest BCUT2D eigenvalue weighted by Gasteiger charge is 2.12. The molecule has 0 amide bonds. The van der Waals surface area contributed by atoms with E-state index in [9.17, 15) is 8.42 Å². The maximum absolute atomic E-state index is 9.19. The summed E-state index contributed by atoms with van der Waals surface area (Å²) in [7, 11) is -3.67. The van der Waals surface area contributed by atoms with Gasteiger partial charge in [-0.2, -0.15) is 8.42 Å². The summed E-state index contributed by atoms with van der Waals surface area (Å²) < 4.78 is 25.9. The standard InChI is InChI=1S/C5H13NO.CH4O3S/c1-3-5(2,7)4-6;1-5(2,3)4/h7H,3-4,6H2,1-2H3;1H3,(H,2,3,4). The predicted octanol–water partition coefficient (Wildman–Crippen LogP) is -0.390. The van der Waals surface area contributed by atoms with E-state index < -0.39 is 15.7 Å². The van der Waals surface area contributed by atoms with E-state index in [1.54, 1.807) is 6.92 Å². The molecule has 0 fully saturated rings. The molecule has 0 heterocycles. The van der Waals surface area contributed by atoms with Crippen molar-refractivity contribution in [3.8, 4) is 0 Å². The smallest absolute Gasteiger partial charge is 0.261 e. The van der Waals surface area contributed by atoms with Gasteiger partial charge in [0.1, 0.15) is 0 Å². The second-order valence-electron chi connectivity index (χ2n) is 2.79. The maximum Gasteiger partial charge on any atom is 0.261 e. The number of rotatable bonds is 2. The Balaban J connectivity index is 0. The van der Waals surface area contributed by atoms with Crippen molar-refractivity contribution in [1.82, 2.24) is 0 Å². The summed E-state index contributed by atoms with van der Waals surface area (Å²) >= 11 is 0. The lowest BCUT2D eigenvalue weighted by molar-refractivity contribution is 0.0652. The molecule has 0 aromatic heterocycles. The molecule has 0 aromatic rings. The minimum Gasteiger partial charge on any atom is -0.389 e. The van der Waals surface area contributed by atoms with Crippen molar-refractivity contribution in [3.05, 3.63) is 0 Å². The fraction of sp³-hybridized carbons (Fsp3) is 1.00. The van der Waals surface area contributed by atoms with Gasteiger partial charge in [-0.3, -0.25) is 4.55 Å². The molecule has 0 aliphatic carbocycles. The topological polar surface area (TPSA) is 101 Å². The summed E-state index contributed by atoms with van der Waals surface area (Å²) in [6.07, 6.45) is 1.44. The summed E-state index contributed by atoms with van der Waals surface area (Å²) in [5.74, 6) is 0. The van der Waals surface area contributed by atoms with Crippen LogP contribution in [0.2, 0.25) is 0 Å². The van der Waals surface area contributed by atoms with Crippen LogP contribution in [-0.4, -0.2) is 36.5 Å². The van der Waals surface area contributed by atoms with Crippen molar-refractivity contribution in [3.63, 3.8) is 0 Å². The molecular formula is C6H17NO4S. The average Bonchev–Trinajstić information content (AvgIpc) is 1.85. The zero-order chi connectivity index (χ0) is 10.4. The van der Waals surface area contributed by atoms with Crippen molar-refractivity contribution in [1.29, 1.82) is 0 Å². The van der Waals surface area contributed by atoms with E-state index in [0.29, 0.717) is 12.8 Å². The third-order valence-corrected chi connectivity index (χ3v) is 1.20. The van der Waals surface area contributed by atoms with Gasteiger partial charge in [-0.25, -0.2) is 0 Å². The highest BCUT2D eigenvalue weighted by molar-refractivity contribution is 7.85. The van der Waals surface area contributed by atoms with Crippen LogP contribution in [0.4, 0.5) is 0 Å². The molecule has 0 aliphatic rings. The van der Waals surface area contributed by atoms with Crippen LogP contribution in [0.1, 0.15) is 20.3 Å². The molecule has 0 aromatic carbocycles. The Kier molecular flexibility index (Phi) is 6.55. The lowest BCUT2D eigenvalue weighted by Crippen LogP contribution is -2.32. The van der Waals surface area contributed by atoms with Gasteiger partial charge in [0.2, 0.25) is 0 Å². The van der Waals surface area contributed by atoms with Gasteiger partial charge < -0.3 is 10.8 Å². The number of hydrogen-bond donors (Lipinski definition) is 3. The van der Waals surface area contributed by atoms with Gasteiger partial charge in [0.05, 0.1) is 11.9 Å². The molecule has 0 aliphatic heterocycles. The van der Waals surface area contributed by atoms with Gasteiger partial charge in [-0.05, 0) is 13.3 Å². The number of aliphatic hydroxyl groups is 1. The van der Waals surface area contributed by atoms with E-state index in [4.69, 9.17) is 15.4 Å². The van der Waals surface area contributed by atoms with E-state index in [0.717, 1.165) is 6.42 Å². The first-order valence-electron chi connectivity index (χ1n) is 3.47. The zero-order valence-electron chi connectivity index (χ0n) is 7.61. The Bertz CT molecular complexity index is 184. The van der Waals surface area contributed by atoms with Gasteiger partial charge in [-0.1, -0.05) is 6.92 Å². The van der Waals surface area contributed by atoms with Crippen LogP contribution in [-0.2, 0) is 10.1 Å². The molecule has 4 N–H and O–H groups in total. The molecule has 6 heteroatoms. The van der Waals surface area contributed by atoms with Crippen molar-refractivity contribution in [2.75, 3.05) is 12.8 Å². The summed E-state index contributed by atoms with van der Waals surface area (Å²) in [4.78, 5) is 0. The quantitative estimate of drug-likeness (QED) is 0.526. The van der Waals surface area contributed by atoms with Gasteiger partial charge in [0.15, 0.2) is 0 Å². The molecule has 0 bridgehead atoms. The summed E-state index contributed by atoms with van der Waals surface area (Å²) in [5.41, 5.74) is 4.53. The van der Waals surface area contributed by atoms with Crippen LogP contribution in [0, 0.1) is 0 Å². The van der Waals surface area contributed by atoms with E-state index in [1.165, 1.54) is 0 Å². The van der Waals surface area contributed by atoms with Crippen molar-refractivity contribution >= 4 is 10.1 Å². The highest BCUT2D eigenvalue weighted by atomic mass is 32.2. The van der Waals surface area contributed by atoms with Crippen LogP contribution in [0.3, 0.4) is 0 Å². The van der Waals surface area contributed by atoms with Gasteiger partial charge in [-0.15, -0.1) is 0 Å². The van der Waals surface area contributed by atoms with Gasteiger partial charge in [0.25, 0.3) is 10.1 Å². The van der Waals surface area contributed by atoms with E-state index in [-0.39, 0.29) is 0 Å². The summed E-state index contributed by atoms with van der Waals surface area (Å²) in [5, 5.41) is 9.01. The molecule has 12 heavy (non-hydrogen) atoms. The van der Waals surface area contributed by atoms with Crippen LogP contribution < -0.4 is 5.73 Å². The zero-order valence-corrected chi connectivity index (χ0v) is 8.43. The Morgan fingerprint density at radius 3 is 1.75 bits per heavy atom. The second kappa shape index (κ2) is 5.47. The normalized spacial score (nSPS) is 15.8. The average molecular weight is 199 g/mol. The Morgan fingerprint density at radius 2 is 1.75 bits per heavy atom. The SMILES string of the molecule is CCC(C)(O)CN.CS(=O)(=O)O. The molecule has 1 unspecified atom stereocenters. The lowest BCUT2D eigenvalue weighted by Gasteiger charge is -2.17. The second-order valence-corrected chi connectivity index (χ2v) is 4.25. The van der Waals surface area contributed by atoms with Gasteiger partial charge in [0, 0.05) is 6.54 Å². The Hall–Kier alpha value is -0.170. The van der Waals surface area contributed by atoms with Gasteiger partial charge >= 0.3 is 0 Å². The van der Waals surface area contributed by atoms with Crippen LogP contribution >= 0.6 is 0 Å². The molecule has 0 rings (SSSR count). The Labute approximate surface area is 73.3 Å². The third kappa shape index (κ3) is 22.5. The highest BCUT2D eigenvalue weighted by Crippen LogP contribution is 2.03. The van der Waals surface area contributed by atoms with Crippen LogP contribution in [0.5, 0.6) is 0 Å². The summed E-state index contributed by atoms with van der Waals surface area (Å²) in [6, 6.07) is 0. The van der Waals surface area contributed by atoms with E-state index in [1.807, 2.05) is 6.92 Å². The molecular weight excluding hydrogens is 182 g/mol. The maximum atomic E-state index is 9.19. The van der Waals surface area contributed by atoms with Crippen LogP contribution in [0.25, 0.3) is 0 Å². The summed E-state index contributed by atoms with van der Waals surface area (Å²) in [6.45, 7) is 3.99. The molecule has 0 saturated heterocycles. The lowest BCUT2D eigenvalue weighted by atomic mass is 10.1. The molecule has 0 radical (unpaired) electrons. The minimum absolute atomic E-state index is 0.351. The Morgan fingerprint density at radius 1 is 1.50 bits per heavy atom. The first-order chi connectivity index (χ1) is 5.12. The molecule has 76 valence electrons. The van der Waals surface area contributed by atoms with E-state index >= 15 is 0 Å². The van der Waals surface area contributed by atoms with Crippen molar-refractivity contribution < 1.29 is 18.1 Å². The third-order valence-electron chi connectivity index (χ3n) is 1.20. The molecule has 0 spiro atoms. The monoisotopic (exact) mass is 199 g/mol. The van der Waals surface area contributed by atoms with Crippen LogP contribution in [0.15, 0.2) is 0 Å². The molecule has 1 atom stereocenters. The molecule has 0 saturated carbocycles. The van der Waals surface area contributed by atoms with Crippen molar-refractivity contribution in [2.45, 2.75) is 25.9 Å². The molecule has 5 nitrogen and oxygen atoms in total. The minimum atomic E-state index is -3.67. The number of hydrogen-bond acceptors (Lipinski definition) is 4. The number of nitrogens with two attached hydrogens (primary N) is 1. The fourth-order valence-electron chi connectivity index (χ4n) is 0.144. The van der Waals surface area contributed by atoms with E-state index in [2.05, 4.69) is 0 Å². The van der Waals surface area contributed by atoms with Crippen molar-refractivity contribution in [2.24, 2.45) is 5.73 Å². The largest absolute Gasteiger partial charge is 0.389 e.